The first kappa shape index (κ1) is 14.7. The Labute approximate surface area is 132 Å². The van der Waals surface area contributed by atoms with E-state index in [2.05, 4.69) is 10.2 Å². The summed E-state index contributed by atoms with van der Waals surface area (Å²) in [5.41, 5.74) is 1.33. The first-order valence-electron chi connectivity index (χ1n) is 7.04. The fraction of sp³-hybridized carbons (Fsp3) is 0.333. The van der Waals surface area contributed by atoms with E-state index < -0.39 is 6.10 Å². The molecule has 1 amide bonds. The van der Waals surface area contributed by atoms with Gasteiger partial charge >= 0.3 is 0 Å². The number of aromatic amines is 2. The fourth-order valence-electron chi connectivity index (χ4n) is 2.53. The molecule has 2 aromatic rings. The molecule has 2 N–H and O–H groups in total. The van der Waals surface area contributed by atoms with Gasteiger partial charge in [-0.3, -0.25) is 14.7 Å². The summed E-state index contributed by atoms with van der Waals surface area (Å²) in [6, 6.07) is 6.86. The van der Waals surface area contributed by atoms with Gasteiger partial charge in [0.25, 0.3) is 11.5 Å². The molecule has 1 aliphatic rings. The molecule has 1 atom stereocenters. The summed E-state index contributed by atoms with van der Waals surface area (Å²) in [5, 5.41) is 6.00. The van der Waals surface area contributed by atoms with Crippen molar-refractivity contribution in [3.8, 4) is 5.75 Å². The highest BCUT2D eigenvalue weighted by Crippen LogP contribution is 2.19. The number of benzene rings is 1. The fourth-order valence-corrected chi connectivity index (χ4v) is 2.66. The van der Waals surface area contributed by atoms with E-state index in [0.717, 1.165) is 5.69 Å². The number of hydrogen-bond acceptors (Lipinski definition) is 3. The van der Waals surface area contributed by atoms with E-state index in [1.54, 1.807) is 36.1 Å². The van der Waals surface area contributed by atoms with Gasteiger partial charge in [-0.2, -0.15) is 0 Å². The third-order valence-electron chi connectivity index (χ3n) is 3.73. The maximum Gasteiger partial charge on any atom is 0.269 e. The van der Waals surface area contributed by atoms with Gasteiger partial charge < -0.3 is 14.7 Å². The zero-order valence-electron chi connectivity index (χ0n) is 12.1. The van der Waals surface area contributed by atoms with Crippen LogP contribution >= 0.6 is 11.6 Å². The van der Waals surface area contributed by atoms with Crippen molar-refractivity contribution in [2.24, 2.45) is 0 Å². The number of carbonyl (C=O) groups excluding carboxylic acids is 1. The van der Waals surface area contributed by atoms with Gasteiger partial charge in [-0.25, -0.2) is 0 Å². The molecule has 1 unspecified atom stereocenters. The molecule has 0 radical (unpaired) electrons. The predicted molar refractivity (Wildman–Crippen MR) is 82.1 cm³/mol. The lowest BCUT2D eigenvalue weighted by molar-refractivity contribution is -0.138. The lowest BCUT2D eigenvalue weighted by Crippen LogP contribution is -2.43. The van der Waals surface area contributed by atoms with E-state index >= 15 is 0 Å². The quantitative estimate of drug-likeness (QED) is 0.903. The molecule has 3 rings (SSSR count). The maximum absolute atomic E-state index is 12.5. The van der Waals surface area contributed by atoms with Crippen molar-refractivity contribution in [3.63, 3.8) is 0 Å². The summed E-state index contributed by atoms with van der Waals surface area (Å²) in [6.45, 7) is 2.57. The number of nitrogens with one attached hydrogen (secondary N) is 2. The molecule has 116 valence electrons. The summed E-state index contributed by atoms with van der Waals surface area (Å²) in [7, 11) is 0. The number of carbonyl (C=O) groups is 1. The predicted octanol–water partition coefficient (Wildman–Crippen LogP) is 1.71. The van der Waals surface area contributed by atoms with Crippen molar-refractivity contribution in [2.75, 3.05) is 6.54 Å². The Hall–Kier alpha value is -2.21. The van der Waals surface area contributed by atoms with Gasteiger partial charge in [-0.05, 0) is 31.2 Å². The molecule has 1 aromatic heterocycles. The Morgan fingerprint density at radius 2 is 2.05 bits per heavy atom. The lowest BCUT2D eigenvalue weighted by atomic mass is 10.1. The second kappa shape index (κ2) is 5.88. The molecule has 0 aliphatic carbocycles. The number of fused-ring (bicyclic) bond motifs is 1. The Morgan fingerprint density at radius 1 is 1.32 bits per heavy atom. The molecule has 1 aromatic carbocycles. The van der Waals surface area contributed by atoms with Gasteiger partial charge in [0.05, 0.1) is 12.1 Å². The molecule has 0 fully saturated rings. The summed E-state index contributed by atoms with van der Waals surface area (Å²) in [5.74, 6) is 0.448. The number of rotatable bonds is 3. The van der Waals surface area contributed by atoms with Crippen LogP contribution in [0.2, 0.25) is 5.02 Å². The number of amides is 1. The van der Waals surface area contributed by atoms with Gasteiger partial charge in [-0.15, -0.1) is 0 Å². The van der Waals surface area contributed by atoms with E-state index in [0.29, 0.717) is 35.8 Å². The zero-order chi connectivity index (χ0) is 15.7. The van der Waals surface area contributed by atoms with Crippen LogP contribution in [-0.2, 0) is 17.8 Å². The number of aromatic nitrogens is 2. The van der Waals surface area contributed by atoms with E-state index in [1.807, 2.05) is 0 Å². The Bertz CT molecular complexity index is 735. The SMILES string of the molecule is CC(Oc1ccc(Cl)cc1)C(=O)N1CCc2[nH][nH]c(=O)c2C1. The van der Waals surface area contributed by atoms with Gasteiger partial charge in [0.2, 0.25) is 0 Å². The first-order chi connectivity index (χ1) is 10.5. The summed E-state index contributed by atoms with van der Waals surface area (Å²) < 4.78 is 5.64. The third-order valence-corrected chi connectivity index (χ3v) is 3.98. The van der Waals surface area contributed by atoms with Crippen LogP contribution in [-0.4, -0.2) is 33.7 Å². The molecule has 1 aliphatic heterocycles. The highest BCUT2D eigenvalue weighted by molar-refractivity contribution is 6.30. The Morgan fingerprint density at radius 3 is 2.77 bits per heavy atom. The van der Waals surface area contributed by atoms with Crippen LogP contribution in [0.3, 0.4) is 0 Å². The second-order valence-corrected chi connectivity index (χ2v) is 5.70. The van der Waals surface area contributed by atoms with Crippen LogP contribution in [0.15, 0.2) is 29.1 Å². The largest absolute Gasteiger partial charge is 0.481 e. The van der Waals surface area contributed by atoms with Gasteiger partial charge in [0, 0.05) is 23.7 Å². The van der Waals surface area contributed by atoms with Crippen molar-refractivity contribution in [1.29, 1.82) is 0 Å². The van der Waals surface area contributed by atoms with Crippen molar-refractivity contribution >= 4 is 17.5 Å². The molecule has 6 nitrogen and oxygen atoms in total. The smallest absolute Gasteiger partial charge is 0.269 e. The number of H-pyrrole nitrogens is 2. The summed E-state index contributed by atoms with van der Waals surface area (Å²) in [4.78, 5) is 25.8. The van der Waals surface area contributed by atoms with Crippen LogP contribution in [0, 0.1) is 0 Å². The van der Waals surface area contributed by atoms with Crippen LogP contribution in [0.5, 0.6) is 5.75 Å². The molecule has 0 saturated carbocycles. The minimum Gasteiger partial charge on any atom is -0.481 e. The Balaban J connectivity index is 1.67. The molecule has 0 saturated heterocycles. The number of halogens is 1. The molecule has 7 heteroatoms. The first-order valence-corrected chi connectivity index (χ1v) is 7.42. The van der Waals surface area contributed by atoms with E-state index in [4.69, 9.17) is 16.3 Å². The van der Waals surface area contributed by atoms with Crippen molar-refractivity contribution in [1.82, 2.24) is 15.1 Å². The third kappa shape index (κ3) is 2.87. The van der Waals surface area contributed by atoms with E-state index in [-0.39, 0.29) is 11.5 Å². The van der Waals surface area contributed by atoms with Gasteiger partial charge in [0.15, 0.2) is 6.10 Å². The van der Waals surface area contributed by atoms with E-state index in [1.165, 1.54) is 0 Å². The summed E-state index contributed by atoms with van der Waals surface area (Å²) in [6.07, 6.45) is 0.00811. The minimum atomic E-state index is -0.624. The number of nitrogens with zero attached hydrogens (tertiary/aromatic N) is 1. The average Bonchev–Trinajstić information content (AvgIpc) is 2.89. The van der Waals surface area contributed by atoms with Crippen molar-refractivity contribution in [2.45, 2.75) is 26.0 Å². The van der Waals surface area contributed by atoms with Crippen LogP contribution in [0.25, 0.3) is 0 Å². The van der Waals surface area contributed by atoms with Gasteiger partial charge in [0.1, 0.15) is 5.75 Å². The summed E-state index contributed by atoms with van der Waals surface area (Å²) >= 11 is 5.82. The van der Waals surface area contributed by atoms with Crippen LogP contribution in [0.1, 0.15) is 18.2 Å². The molecular weight excluding hydrogens is 306 g/mol. The minimum absolute atomic E-state index is 0.138. The monoisotopic (exact) mass is 321 g/mol. The van der Waals surface area contributed by atoms with Gasteiger partial charge in [-0.1, -0.05) is 11.6 Å². The highest BCUT2D eigenvalue weighted by Gasteiger charge is 2.28. The van der Waals surface area contributed by atoms with Crippen LogP contribution < -0.4 is 10.3 Å². The zero-order valence-corrected chi connectivity index (χ0v) is 12.8. The molecule has 0 spiro atoms. The molecular formula is C15H16ClN3O3. The van der Waals surface area contributed by atoms with E-state index in [9.17, 15) is 9.59 Å². The topological polar surface area (TPSA) is 78.2 Å². The average molecular weight is 322 g/mol. The lowest BCUT2D eigenvalue weighted by Gasteiger charge is -2.28. The van der Waals surface area contributed by atoms with Crippen LogP contribution in [0.4, 0.5) is 0 Å². The van der Waals surface area contributed by atoms with Crippen molar-refractivity contribution < 1.29 is 9.53 Å². The Kier molecular flexibility index (Phi) is 3.94. The van der Waals surface area contributed by atoms with Crippen molar-refractivity contribution in [3.05, 3.63) is 50.9 Å². The molecule has 22 heavy (non-hydrogen) atoms. The standard InChI is InChI=1S/C15H16ClN3O3/c1-9(22-11-4-2-10(16)3-5-11)15(21)19-7-6-13-12(8-19)14(20)18-17-13/h2-5,9H,6-8H2,1H3,(H2,17,18,20). The number of ether oxygens (including phenoxy) is 1. The maximum atomic E-state index is 12.5. The second-order valence-electron chi connectivity index (χ2n) is 5.26. The normalized spacial score (nSPS) is 15.3. The molecule has 0 bridgehead atoms. The molecule has 2 heterocycles. The highest BCUT2D eigenvalue weighted by atomic mass is 35.5. The number of hydrogen-bond donors (Lipinski definition) is 2.